The standard InChI is InChI=1S/C22H22N6O2S/c1-12(2)28-10-16(18-20(23)24-11-25-21(18)28)19(29)15-9-14(7-6-13(15)3)26-22(30)27-17-5-4-8-31-17/h4-12H,1-3H3,(H2,23,24,25)(H2,26,27,30). The number of hydrogen-bond donors (Lipinski definition) is 3. The molecule has 1 aromatic carbocycles. The summed E-state index contributed by atoms with van der Waals surface area (Å²) in [5, 5.41) is 8.68. The highest BCUT2D eigenvalue weighted by Crippen LogP contribution is 2.30. The highest BCUT2D eigenvalue weighted by molar-refractivity contribution is 7.14. The molecule has 8 nitrogen and oxygen atoms in total. The number of carbonyl (C=O) groups is 2. The van der Waals surface area contributed by atoms with Gasteiger partial charge < -0.3 is 15.6 Å². The van der Waals surface area contributed by atoms with Crippen LogP contribution >= 0.6 is 11.3 Å². The van der Waals surface area contributed by atoms with Crippen LogP contribution in [0.25, 0.3) is 11.0 Å². The van der Waals surface area contributed by atoms with E-state index < -0.39 is 0 Å². The monoisotopic (exact) mass is 434 g/mol. The molecule has 4 rings (SSSR count). The van der Waals surface area contributed by atoms with E-state index in [1.165, 1.54) is 17.7 Å². The fourth-order valence-electron chi connectivity index (χ4n) is 3.39. The van der Waals surface area contributed by atoms with Crippen LogP contribution in [0.4, 0.5) is 21.3 Å². The number of nitrogens with zero attached hydrogens (tertiary/aromatic N) is 3. The van der Waals surface area contributed by atoms with E-state index in [1.807, 2.05) is 42.9 Å². The molecule has 0 saturated carbocycles. The van der Waals surface area contributed by atoms with E-state index in [1.54, 1.807) is 24.4 Å². The molecule has 31 heavy (non-hydrogen) atoms. The summed E-state index contributed by atoms with van der Waals surface area (Å²) >= 11 is 1.42. The topological polar surface area (TPSA) is 115 Å². The van der Waals surface area contributed by atoms with Crippen molar-refractivity contribution in [1.29, 1.82) is 0 Å². The van der Waals surface area contributed by atoms with Gasteiger partial charge in [0.1, 0.15) is 17.8 Å². The number of urea groups is 1. The van der Waals surface area contributed by atoms with E-state index in [2.05, 4.69) is 20.6 Å². The zero-order chi connectivity index (χ0) is 22.1. The molecule has 0 radical (unpaired) electrons. The number of ketones is 1. The number of fused-ring (bicyclic) bond motifs is 1. The van der Waals surface area contributed by atoms with Crippen LogP contribution in [0.2, 0.25) is 0 Å². The molecule has 158 valence electrons. The summed E-state index contributed by atoms with van der Waals surface area (Å²) in [7, 11) is 0. The maximum Gasteiger partial charge on any atom is 0.324 e. The Morgan fingerprint density at radius 1 is 1.13 bits per heavy atom. The average Bonchev–Trinajstić information content (AvgIpc) is 3.37. The first-order valence-corrected chi connectivity index (χ1v) is 10.6. The molecule has 3 aromatic heterocycles. The van der Waals surface area contributed by atoms with E-state index >= 15 is 0 Å². The minimum absolute atomic E-state index is 0.0911. The van der Waals surface area contributed by atoms with Crippen molar-refractivity contribution in [2.75, 3.05) is 16.4 Å². The highest BCUT2D eigenvalue weighted by atomic mass is 32.1. The molecule has 0 spiro atoms. The Labute approximate surface area is 183 Å². The molecule has 0 saturated heterocycles. The summed E-state index contributed by atoms with van der Waals surface area (Å²) in [4.78, 5) is 34.2. The zero-order valence-electron chi connectivity index (χ0n) is 17.3. The summed E-state index contributed by atoms with van der Waals surface area (Å²) < 4.78 is 1.91. The van der Waals surface area contributed by atoms with Gasteiger partial charge >= 0.3 is 6.03 Å². The molecule has 0 unspecified atom stereocenters. The van der Waals surface area contributed by atoms with Gasteiger partial charge in [0.25, 0.3) is 0 Å². The SMILES string of the molecule is Cc1ccc(NC(=O)Nc2cccs2)cc1C(=O)c1cn(C(C)C)c2ncnc(N)c12. The van der Waals surface area contributed by atoms with Crippen LogP contribution in [0.3, 0.4) is 0 Å². The fraction of sp³-hybridized carbons (Fsp3) is 0.182. The lowest BCUT2D eigenvalue weighted by Gasteiger charge is -2.10. The Morgan fingerprint density at radius 2 is 1.94 bits per heavy atom. The average molecular weight is 435 g/mol. The highest BCUT2D eigenvalue weighted by Gasteiger charge is 2.22. The van der Waals surface area contributed by atoms with Gasteiger partial charge in [0.15, 0.2) is 5.78 Å². The van der Waals surface area contributed by atoms with Crippen molar-refractivity contribution in [2.45, 2.75) is 26.8 Å². The quantitative estimate of drug-likeness (QED) is 0.389. The minimum Gasteiger partial charge on any atom is -0.383 e. The van der Waals surface area contributed by atoms with Crippen molar-refractivity contribution in [3.63, 3.8) is 0 Å². The molecule has 0 aliphatic rings. The molecule has 0 atom stereocenters. The molecule has 4 aromatic rings. The lowest BCUT2D eigenvalue weighted by molar-refractivity contribution is 0.103. The van der Waals surface area contributed by atoms with Crippen molar-refractivity contribution in [3.8, 4) is 0 Å². The van der Waals surface area contributed by atoms with E-state index in [0.29, 0.717) is 27.8 Å². The van der Waals surface area contributed by atoms with Crippen molar-refractivity contribution < 1.29 is 9.59 Å². The Morgan fingerprint density at radius 3 is 2.65 bits per heavy atom. The van der Waals surface area contributed by atoms with Gasteiger partial charge in [0.05, 0.1) is 16.0 Å². The number of carbonyl (C=O) groups excluding carboxylic acids is 2. The third kappa shape index (κ3) is 3.99. The smallest absolute Gasteiger partial charge is 0.324 e. The number of hydrogen-bond acceptors (Lipinski definition) is 6. The number of aromatic nitrogens is 3. The maximum atomic E-state index is 13.5. The van der Waals surface area contributed by atoms with Crippen LogP contribution in [-0.4, -0.2) is 26.3 Å². The summed E-state index contributed by atoms with van der Waals surface area (Å²) in [6.07, 6.45) is 3.17. The number of anilines is 3. The van der Waals surface area contributed by atoms with Crippen LogP contribution in [0.15, 0.2) is 48.2 Å². The normalized spacial score (nSPS) is 11.1. The first kappa shape index (κ1) is 20.5. The largest absolute Gasteiger partial charge is 0.383 e. The summed E-state index contributed by atoms with van der Waals surface area (Å²) in [6.45, 7) is 5.87. The second-order valence-electron chi connectivity index (χ2n) is 7.42. The molecule has 0 aliphatic carbocycles. The number of nitrogen functional groups attached to an aromatic ring is 1. The number of amides is 2. The van der Waals surface area contributed by atoms with Gasteiger partial charge in [-0.25, -0.2) is 14.8 Å². The molecule has 2 amide bonds. The molecule has 0 bridgehead atoms. The van der Waals surface area contributed by atoms with Gasteiger partial charge in [-0.15, -0.1) is 11.3 Å². The van der Waals surface area contributed by atoms with Crippen molar-refractivity contribution in [2.24, 2.45) is 0 Å². The molecular formula is C22H22N6O2S. The Balaban J connectivity index is 1.69. The zero-order valence-corrected chi connectivity index (χ0v) is 18.2. The van der Waals surface area contributed by atoms with Gasteiger partial charge in [0.2, 0.25) is 0 Å². The van der Waals surface area contributed by atoms with Gasteiger partial charge in [-0.1, -0.05) is 6.07 Å². The van der Waals surface area contributed by atoms with Crippen LogP contribution < -0.4 is 16.4 Å². The van der Waals surface area contributed by atoms with E-state index in [9.17, 15) is 9.59 Å². The third-order valence-corrected chi connectivity index (χ3v) is 5.72. The second-order valence-corrected chi connectivity index (χ2v) is 8.36. The van der Waals surface area contributed by atoms with Crippen LogP contribution in [-0.2, 0) is 0 Å². The maximum absolute atomic E-state index is 13.5. The molecule has 0 aliphatic heterocycles. The lowest BCUT2D eigenvalue weighted by Crippen LogP contribution is -2.19. The summed E-state index contributed by atoms with van der Waals surface area (Å²) in [5.74, 6) is 0.0562. The van der Waals surface area contributed by atoms with Crippen molar-refractivity contribution >= 4 is 50.7 Å². The Kier molecular flexibility index (Phi) is 5.43. The third-order valence-electron chi connectivity index (χ3n) is 4.94. The first-order valence-electron chi connectivity index (χ1n) is 9.73. The van der Waals surface area contributed by atoms with Gasteiger partial charge in [-0.3, -0.25) is 10.1 Å². The number of nitrogens with one attached hydrogen (secondary N) is 2. The fourth-order valence-corrected chi connectivity index (χ4v) is 4.00. The number of nitrogens with two attached hydrogens (primary N) is 1. The Bertz CT molecular complexity index is 1280. The summed E-state index contributed by atoms with van der Waals surface area (Å²) in [5.41, 5.74) is 8.93. The first-order chi connectivity index (χ1) is 14.8. The minimum atomic E-state index is -0.376. The van der Waals surface area contributed by atoms with Crippen LogP contribution in [0.1, 0.15) is 41.4 Å². The van der Waals surface area contributed by atoms with Crippen LogP contribution in [0.5, 0.6) is 0 Å². The molecule has 0 fully saturated rings. The summed E-state index contributed by atoms with van der Waals surface area (Å²) in [6, 6.07) is 8.61. The Hall–Kier alpha value is -3.72. The van der Waals surface area contributed by atoms with Crippen molar-refractivity contribution in [1.82, 2.24) is 14.5 Å². The number of benzene rings is 1. The number of rotatable bonds is 5. The van der Waals surface area contributed by atoms with E-state index in [-0.39, 0.29) is 23.7 Å². The van der Waals surface area contributed by atoms with Crippen LogP contribution in [0, 0.1) is 6.92 Å². The van der Waals surface area contributed by atoms with E-state index in [0.717, 1.165) is 10.6 Å². The predicted octanol–water partition coefficient (Wildman–Crippen LogP) is 4.84. The van der Waals surface area contributed by atoms with Gasteiger partial charge in [-0.05, 0) is 56.0 Å². The van der Waals surface area contributed by atoms with E-state index in [4.69, 9.17) is 5.73 Å². The molecule has 9 heteroatoms. The van der Waals surface area contributed by atoms with Crippen molar-refractivity contribution in [3.05, 3.63) is 64.9 Å². The number of aryl methyl sites for hydroxylation is 1. The lowest BCUT2D eigenvalue weighted by atomic mass is 9.98. The van der Waals surface area contributed by atoms with Gasteiger partial charge in [0, 0.05) is 23.5 Å². The second kappa shape index (κ2) is 8.19. The molecule has 3 heterocycles. The molecule has 4 N–H and O–H groups in total. The van der Waals surface area contributed by atoms with Gasteiger partial charge in [-0.2, -0.15) is 0 Å². The molecular weight excluding hydrogens is 412 g/mol. The number of thiophene rings is 1. The predicted molar refractivity (Wildman–Crippen MR) is 124 cm³/mol.